The summed E-state index contributed by atoms with van der Waals surface area (Å²) in [6, 6.07) is 12.8. The molecule has 1 aliphatic carbocycles. The molecule has 0 fully saturated rings. The molecule has 1 aliphatic rings. The number of carbonyl (C=O) groups is 1. The van der Waals surface area contributed by atoms with Crippen molar-refractivity contribution in [3.8, 4) is 11.1 Å². The average molecular weight is 357 g/mol. The highest BCUT2D eigenvalue weighted by molar-refractivity contribution is 9.10. The highest BCUT2D eigenvalue weighted by atomic mass is 79.9. The van der Waals surface area contributed by atoms with E-state index in [1.807, 2.05) is 6.07 Å². The molecular weight excluding hydrogens is 336 g/mol. The van der Waals surface area contributed by atoms with E-state index in [4.69, 9.17) is 0 Å². The van der Waals surface area contributed by atoms with Gasteiger partial charge in [-0.05, 0) is 53.3 Å². The first kappa shape index (κ1) is 15.5. The first-order chi connectivity index (χ1) is 10.7. The van der Waals surface area contributed by atoms with Crippen LogP contribution in [-0.4, -0.2) is 6.29 Å². The highest BCUT2D eigenvalue weighted by Gasteiger charge is 2.41. The van der Waals surface area contributed by atoms with Gasteiger partial charge in [-0.2, -0.15) is 0 Å². The zero-order chi connectivity index (χ0) is 15.7. The number of rotatable bonds is 5. The molecular formula is C20H21BrO. The van der Waals surface area contributed by atoms with Crippen LogP contribution in [0, 0.1) is 0 Å². The number of hydrogen-bond acceptors (Lipinski definition) is 1. The van der Waals surface area contributed by atoms with Gasteiger partial charge in [0.05, 0.1) is 0 Å². The summed E-state index contributed by atoms with van der Waals surface area (Å²) >= 11 is 3.64. The van der Waals surface area contributed by atoms with E-state index in [1.54, 1.807) is 0 Å². The van der Waals surface area contributed by atoms with Gasteiger partial charge in [0.15, 0.2) is 0 Å². The number of aldehydes is 1. The first-order valence-corrected chi connectivity index (χ1v) is 8.85. The molecule has 0 aliphatic heterocycles. The molecule has 0 radical (unpaired) electrons. The molecule has 114 valence electrons. The number of benzene rings is 2. The Morgan fingerprint density at radius 1 is 0.955 bits per heavy atom. The van der Waals surface area contributed by atoms with Crippen LogP contribution in [-0.2, 0) is 5.41 Å². The van der Waals surface area contributed by atoms with Crippen molar-refractivity contribution in [3.63, 3.8) is 0 Å². The molecule has 0 bridgehead atoms. The largest absolute Gasteiger partial charge is 0.298 e. The highest BCUT2D eigenvalue weighted by Crippen LogP contribution is 2.54. The van der Waals surface area contributed by atoms with E-state index in [2.05, 4.69) is 60.1 Å². The fraction of sp³-hybridized carbons (Fsp3) is 0.350. The molecule has 0 atom stereocenters. The predicted molar refractivity (Wildman–Crippen MR) is 95.6 cm³/mol. The minimum absolute atomic E-state index is 0.0525. The zero-order valence-corrected chi connectivity index (χ0v) is 14.7. The maximum Gasteiger partial charge on any atom is 0.150 e. The van der Waals surface area contributed by atoms with Gasteiger partial charge in [0, 0.05) is 15.5 Å². The van der Waals surface area contributed by atoms with E-state index in [-0.39, 0.29) is 5.41 Å². The van der Waals surface area contributed by atoms with E-state index >= 15 is 0 Å². The monoisotopic (exact) mass is 356 g/mol. The van der Waals surface area contributed by atoms with Gasteiger partial charge in [0.2, 0.25) is 0 Å². The summed E-state index contributed by atoms with van der Waals surface area (Å²) < 4.78 is 1.13. The quantitative estimate of drug-likeness (QED) is 0.589. The normalized spacial score (nSPS) is 14.5. The van der Waals surface area contributed by atoms with Gasteiger partial charge >= 0.3 is 0 Å². The smallest absolute Gasteiger partial charge is 0.150 e. The Labute approximate surface area is 140 Å². The molecule has 0 heterocycles. The summed E-state index contributed by atoms with van der Waals surface area (Å²) in [5, 5.41) is 0. The van der Waals surface area contributed by atoms with Gasteiger partial charge < -0.3 is 0 Å². The summed E-state index contributed by atoms with van der Waals surface area (Å²) in [6.07, 6.45) is 5.48. The van der Waals surface area contributed by atoms with Gasteiger partial charge in [-0.25, -0.2) is 0 Å². The lowest BCUT2D eigenvalue weighted by molar-refractivity contribution is 0.112. The van der Waals surface area contributed by atoms with E-state index in [0.717, 1.165) is 42.0 Å². The van der Waals surface area contributed by atoms with Gasteiger partial charge in [-0.1, -0.05) is 60.8 Å². The Morgan fingerprint density at radius 2 is 1.55 bits per heavy atom. The number of carbonyl (C=O) groups excluding carboxylic acids is 1. The van der Waals surface area contributed by atoms with Crippen molar-refractivity contribution < 1.29 is 4.79 Å². The molecule has 0 saturated heterocycles. The second-order valence-electron chi connectivity index (χ2n) is 6.19. The Hall–Kier alpha value is -1.41. The molecule has 0 amide bonds. The molecule has 3 rings (SSSR count). The van der Waals surface area contributed by atoms with Gasteiger partial charge in [-0.3, -0.25) is 4.79 Å². The third kappa shape index (κ3) is 2.25. The van der Waals surface area contributed by atoms with Crippen molar-refractivity contribution in [3.05, 3.63) is 57.6 Å². The molecule has 0 spiro atoms. The summed E-state index contributed by atoms with van der Waals surface area (Å²) in [4.78, 5) is 11.3. The lowest BCUT2D eigenvalue weighted by Gasteiger charge is -2.32. The molecule has 0 aromatic heterocycles. The summed E-state index contributed by atoms with van der Waals surface area (Å²) in [5.74, 6) is 0. The van der Waals surface area contributed by atoms with Crippen LogP contribution in [0.3, 0.4) is 0 Å². The topological polar surface area (TPSA) is 17.1 Å². The summed E-state index contributed by atoms with van der Waals surface area (Å²) in [7, 11) is 0. The lowest BCUT2D eigenvalue weighted by Crippen LogP contribution is -2.25. The van der Waals surface area contributed by atoms with Crippen molar-refractivity contribution in [1.82, 2.24) is 0 Å². The van der Waals surface area contributed by atoms with Gasteiger partial charge in [0.1, 0.15) is 6.29 Å². The SMILES string of the molecule is CCCC1(CCC)c2cc(Br)ccc2-c2ccc(C=O)cc21. The van der Waals surface area contributed by atoms with Crippen LogP contribution in [0.1, 0.15) is 61.0 Å². The van der Waals surface area contributed by atoms with Crippen molar-refractivity contribution in [1.29, 1.82) is 0 Å². The van der Waals surface area contributed by atoms with Crippen LogP contribution in [0.2, 0.25) is 0 Å². The van der Waals surface area contributed by atoms with E-state index in [0.29, 0.717) is 0 Å². The minimum Gasteiger partial charge on any atom is -0.298 e. The fourth-order valence-corrected chi connectivity index (χ4v) is 4.44. The third-order valence-electron chi connectivity index (χ3n) is 4.84. The Balaban J connectivity index is 2.32. The first-order valence-electron chi connectivity index (χ1n) is 8.06. The predicted octanol–water partition coefficient (Wildman–Crippen LogP) is 6.13. The maximum absolute atomic E-state index is 11.3. The van der Waals surface area contributed by atoms with Crippen LogP contribution < -0.4 is 0 Å². The lowest BCUT2D eigenvalue weighted by atomic mass is 9.71. The minimum atomic E-state index is 0.0525. The number of fused-ring (bicyclic) bond motifs is 3. The van der Waals surface area contributed by atoms with Crippen LogP contribution in [0.5, 0.6) is 0 Å². The molecule has 0 N–H and O–H groups in total. The van der Waals surface area contributed by atoms with Crippen LogP contribution >= 0.6 is 15.9 Å². The molecule has 2 heteroatoms. The Bertz CT molecular complexity index is 712. The second-order valence-corrected chi connectivity index (χ2v) is 7.11. The number of halogens is 1. The number of hydrogen-bond donors (Lipinski definition) is 0. The van der Waals surface area contributed by atoms with Crippen LogP contribution in [0.15, 0.2) is 40.9 Å². The molecule has 22 heavy (non-hydrogen) atoms. The van der Waals surface area contributed by atoms with Crippen molar-refractivity contribution in [2.24, 2.45) is 0 Å². The maximum atomic E-state index is 11.3. The third-order valence-corrected chi connectivity index (χ3v) is 5.33. The van der Waals surface area contributed by atoms with E-state index in [1.165, 1.54) is 22.3 Å². The zero-order valence-electron chi connectivity index (χ0n) is 13.2. The summed E-state index contributed by atoms with van der Waals surface area (Å²) in [5.41, 5.74) is 6.23. The standard InChI is InChI=1S/C20H21BrO/c1-3-9-20(10-4-2)18-11-14(13-22)5-7-16(18)17-8-6-15(21)12-19(17)20/h5-8,11-13H,3-4,9-10H2,1-2H3. The van der Waals surface area contributed by atoms with Crippen molar-refractivity contribution in [2.75, 3.05) is 0 Å². The fourth-order valence-electron chi connectivity index (χ4n) is 4.08. The Morgan fingerprint density at radius 3 is 2.14 bits per heavy atom. The van der Waals surface area contributed by atoms with E-state index in [9.17, 15) is 4.79 Å². The molecule has 0 unspecified atom stereocenters. The van der Waals surface area contributed by atoms with E-state index < -0.39 is 0 Å². The molecule has 1 nitrogen and oxygen atoms in total. The van der Waals surface area contributed by atoms with Crippen molar-refractivity contribution >= 4 is 22.2 Å². The summed E-state index contributed by atoms with van der Waals surface area (Å²) in [6.45, 7) is 4.49. The molecule has 0 saturated carbocycles. The average Bonchev–Trinajstić information content (AvgIpc) is 2.78. The molecule has 2 aromatic carbocycles. The van der Waals surface area contributed by atoms with Crippen LogP contribution in [0.4, 0.5) is 0 Å². The second kappa shape index (κ2) is 6.00. The van der Waals surface area contributed by atoms with Gasteiger partial charge in [0.25, 0.3) is 0 Å². The molecule has 2 aromatic rings. The van der Waals surface area contributed by atoms with Gasteiger partial charge in [-0.15, -0.1) is 0 Å². The van der Waals surface area contributed by atoms with Crippen molar-refractivity contribution in [2.45, 2.75) is 44.9 Å². The Kier molecular flexibility index (Phi) is 4.22. The van der Waals surface area contributed by atoms with Crippen LogP contribution in [0.25, 0.3) is 11.1 Å².